The Labute approximate surface area is 152 Å². The van der Waals surface area contributed by atoms with Gasteiger partial charge in [0.2, 0.25) is 0 Å². The molecular weight excluding hydrogens is 330 g/mol. The lowest BCUT2D eigenvalue weighted by Crippen LogP contribution is -2.46. The minimum absolute atomic E-state index is 0.103. The summed E-state index contributed by atoms with van der Waals surface area (Å²) in [4.78, 5) is 27.5. The zero-order valence-electron chi connectivity index (χ0n) is 14.8. The Hall–Kier alpha value is -2.38. The summed E-state index contributed by atoms with van der Waals surface area (Å²) in [6, 6.07) is 6.49. The molecular formula is C19H23N5O2. The van der Waals surface area contributed by atoms with Crippen LogP contribution in [0.3, 0.4) is 0 Å². The number of aromatic nitrogens is 3. The van der Waals surface area contributed by atoms with E-state index in [-0.39, 0.29) is 12.0 Å². The molecule has 0 aromatic carbocycles. The van der Waals surface area contributed by atoms with Crippen LogP contribution in [0, 0.1) is 6.92 Å². The lowest BCUT2D eigenvalue weighted by Gasteiger charge is -2.35. The molecule has 7 heteroatoms. The van der Waals surface area contributed by atoms with Gasteiger partial charge in [0, 0.05) is 37.2 Å². The van der Waals surface area contributed by atoms with E-state index in [1.54, 1.807) is 12.4 Å². The number of hydrogen-bond acceptors (Lipinski definition) is 6. The van der Waals surface area contributed by atoms with Gasteiger partial charge in [-0.1, -0.05) is 6.07 Å². The molecule has 4 rings (SSSR count). The molecule has 3 atom stereocenters. The molecule has 0 radical (unpaired) electrons. The van der Waals surface area contributed by atoms with Crippen LogP contribution in [0.5, 0.6) is 0 Å². The minimum atomic E-state index is -0.421. The number of rotatable bonds is 4. The SMILES string of the molecule is Cc1cccc(CN2CC[C@H]3O[C@H](C(=O)Nc4cnccn4)CC[C@H]32)n1. The van der Waals surface area contributed by atoms with Crippen molar-refractivity contribution in [3.05, 3.63) is 48.2 Å². The molecule has 7 nitrogen and oxygen atoms in total. The highest BCUT2D eigenvalue weighted by atomic mass is 16.5. The van der Waals surface area contributed by atoms with E-state index in [2.05, 4.69) is 37.3 Å². The fourth-order valence-corrected chi connectivity index (χ4v) is 3.87. The van der Waals surface area contributed by atoms with Gasteiger partial charge in [-0.2, -0.15) is 0 Å². The molecule has 1 N–H and O–H groups in total. The van der Waals surface area contributed by atoms with Crippen LogP contribution in [0.2, 0.25) is 0 Å². The number of pyridine rings is 1. The summed E-state index contributed by atoms with van der Waals surface area (Å²) in [6.45, 7) is 3.83. The second-order valence-corrected chi connectivity index (χ2v) is 6.92. The number of carbonyl (C=O) groups is 1. The Balaban J connectivity index is 1.35. The molecule has 4 heterocycles. The van der Waals surface area contributed by atoms with Crippen LogP contribution in [-0.2, 0) is 16.1 Å². The first-order valence-electron chi connectivity index (χ1n) is 9.08. The van der Waals surface area contributed by atoms with Gasteiger partial charge >= 0.3 is 0 Å². The fourth-order valence-electron chi connectivity index (χ4n) is 3.87. The van der Waals surface area contributed by atoms with Crippen LogP contribution >= 0.6 is 0 Å². The summed E-state index contributed by atoms with van der Waals surface area (Å²) < 4.78 is 6.11. The number of hydrogen-bond donors (Lipinski definition) is 1. The molecule has 0 saturated carbocycles. The predicted octanol–water partition coefficient (Wildman–Crippen LogP) is 1.94. The van der Waals surface area contributed by atoms with E-state index in [1.165, 1.54) is 6.20 Å². The average Bonchev–Trinajstić information content (AvgIpc) is 3.05. The second-order valence-electron chi connectivity index (χ2n) is 6.92. The van der Waals surface area contributed by atoms with Crippen molar-refractivity contribution in [2.75, 3.05) is 11.9 Å². The predicted molar refractivity (Wildman–Crippen MR) is 96.3 cm³/mol. The Morgan fingerprint density at radius 3 is 3.04 bits per heavy atom. The van der Waals surface area contributed by atoms with Crippen molar-refractivity contribution in [3.8, 4) is 0 Å². The maximum atomic E-state index is 12.4. The third kappa shape index (κ3) is 3.73. The first kappa shape index (κ1) is 17.1. The van der Waals surface area contributed by atoms with Crippen molar-refractivity contribution in [1.82, 2.24) is 19.9 Å². The molecule has 136 valence electrons. The average molecular weight is 353 g/mol. The van der Waals surface area contributed by atoms with Crippen LogP contribution in [0.4, 0.5) is 5.82 Å². The number of fused-ring (bicyclic) bond motifs is 1. The smallest absolute Gasteiger partial charge is 0.254 e. The van der Waals surface area contributed by atoms with Crippen LogP contribution in [-0.4, -0.2) is 50.6 Å². The summed E-state index contributed by atoms with van der Waals surface area (Å²) >= 11 is 0. The van der Waals surface area contributed by atoms with Crippen molar-refractivity contribution in [2.45, 2.75) is 51.0 Å². The normalized spacial score (nSPS) is 25.7. The van der Waals surface area contributed by atoms with Crippen molar-refractivity contribution in [3.63, 3.8) is 0 Å². The van der Waals surface area contributed by atoms with Crippen LogP contribution < -0.4 is 5.32 Å². The minimum Gasteiger partial charge on any atom is -0.363 e. The van der Waals surface area contributed by atoms with E-state index >= 15 is 0 Å². The highest BCUT2D eigenvalue weighted by molar-refractivity contribution is 5.93. The van der Waals surface area contributed by atoms with Gasteiger partial charge in [0.15, 0.2) is 5.82 Å². The lowest BCUT2D eigenvalue weighted by molar-refractivity contribution is -0.138. The summed E-state index contributed by atoms with van der Waals surface area (Å²) in [5.41, 5.74) is 2.13. The van der Waals surface area contributed by atoms with Crippen molar-refractivity contribution in [2.24, 2.45) is 0 Å². The zero-order valence-corrected chi connectivity index (χ0v) is 14.8. The van der Waals surface area contributed by atoms with E-state index in [0.29, 0.717) is 18.3 Å². The summed E-state index contributed by atoms with van der Waals surface area (Å²) in [6.07, 6.45) is 6.97. The van der Waals surface area contributed by atoms with E-state index in [0.717, 1.165) is 37.3 Å². The number of nitrogens with one attached hydrogen (secondary N) is 1. The van der Waals surface area contributed by atoms with E-state index in [4.69, 9.17) is 4.74 Å². The molecule has 2 saturated heterocycles. The maximum Gasteiger partial charge on any atom is 0.254 e. The van der Waals surface area contributed by atoms with E-state index < -0.39 is 6.10 Å². The number of amides is 1. The van der Waals surface area contributed by atoms with Crippen molar-refractivity contribution >= 4 is 11.7 Å². The molecule has 2 aromatic heterocycles. The summed E-state index contributed by atoms with van der Waals surface area (Å²) in [5.74, 6) is 0.324. The van der Waals surface area contributed by atoms with E-state index in [1.807, 2.05) is 13.0 Å². The highest BCUT2D eigenvalue weighted by Gasteiger charge is 2.41. The van der Waals surface area contributed by atoms with Gasteiger partial charge in [0.05, 0.1) is 18.0 Å². The highest BCUT2D eigenvalue weighted by Crippen LogP contribution is 2.32. The number of ether oxygens (including phenoxy) is 1. The molecule has 2 aliphatic heterocycles. The maximum absolute atomic E-state index is 12.4. The topological polar surface area (TPSA) is 80.2 Å². The second kappa shape index (κ2) is 7.47. The number of likely N-dealkylation sites (tertiary alicyclic amines) is 1. The Morgan fingerprint density at radius 1 is 1.31 bits per heavy atom. The van der Waals surface area contributed by atoms with Gasteiger partial charge in [-0.05, 0) is 38.3 Å². The Bertz CT molecular complexity index is 770. The van der Waals surface area contributed by atoms with Gasteiger partial charge in [0.1, 0.15) is 6.10 Å². The molecule has 2 aliphatic rings. The Morgan fingerprint density at radius 2 is 2.23 bits per heavy atom. The zero-order chi connectivity index (χ0) is 17.9. The van der Waals surface area contributed by atoms with Gasteiger partial charge in [-0.15, -0.1) is 0 Å². The van der Waals surface area contributed by atoms with Crippen molar-refractivity contribution < 1.29 is 9.53 Å². The first-order chi connectivity index (χ1) is 12.7. The third-order valence-electron chi connectivity index (χ3n) is 5.08. The summed E-state index contributed by atoms with van der Waals surface area (Å²) in [5, 5.41) is 2.79. The molecule has 2 aromatic rings. The van der Waals surface area contributed by atoms with E-state index in [9.17, 15) is 4.79 Å². The largest absolute Gasteiger partial charge is 0.363 e. The van der Waals surface area contributed by atoms with Gasteiger partial charge in [-0.3, -0.25) is 19.7 Å². The molecule has 26 heavy (non-hydrogen) atoms. The van der Waals surface area contributed by atoms with Gasteiger partial charge in [0.25, 0.3) is 5.91 Å². The van der Waals surface area contributed by atoms with Crippen molar-refractivity contribution in [1.29, 1.82) is 0 Å². The monoisotopic (exact) mass is 353 g/mol. The molecule has 1 amide bonds. The standard InChI is InChI=1S/C19H23N5O2/c1-13-3-2-4-14(22-13)12-24-10-7-16-15(24)5-6-17(26-16)19(25)23-18-11-20-8-9-21-18/h2-4,8-9,11,15-17H,5-7,10,12H2,1H3,(H,21,23,25)/t15-,16-,17+/m1/s1. The van der Waals surface area contributed by atoms with Crippen LogP contribution in [0.25, 0.3) is 0 Å². The van der Waals surface area contributed by atoms with Crippen LogP contribution in [0.1, 0.15) is 30.7 Å². The number of anilines is 1. The fraction of sp³-hybridized carbons (Fsp3) is 0.474. The number of carbonyl (C=O) groups excluding carboxylic acids is 1. The number of aryl methyl sites for hydroxylation is 1. The van der Waals surface area contributed by atoms with Crippen LogP contribution in [0.15, 0.2) is 36.8 Å². The third-order valence-corrected chi connectivity index (χ3v) is 5.08. The first-order valence-corrected chi connectivity index (χ1v) is 9.08. The van der Waals surface area contributed by atoms with Gasteiger partial charge < -0.3 is 10.1 Å². The number of nitrogens with zero attached hydrogens (tertiary/aromatic N) is 4. The molecule has 0 spiro atoms. The quantitative estimate of drug-likeness (QED) is 0.905. The summed E-state index contributed by atoms with van der Waals surface area (Å²) in [7, 11) is 0. The molecule has 0 bridgehead atoms. The Kier molecular flexibility index (Phi) is 4.90. The van der Waals surface area contributed by atoms with Gasteiger partial charge in [-0.25, -0.2) is 4.98 Å². The molecule has 2 fully saturated rings. The molecule has 0 aliphatic carbocycles. The lowest BCUT2D eigenvalue weighted by atomic mass is 9.98. The molecule has 0 unspecified atom stereocenters.